The van der Waals surface area contributed by atoms with Crippen molar-refractivity contribution in [2.24, 2.45) is 0 Å². The number of benzene rings is 2. The fourth-order valence-corrected chi connectivity index (χ4v) is 2.56. The molecule has 0 saturated heterocycles. The number of nitro benzene ring substituents is 1. The zero-order valence-electron chi connectivity index (χ0n) is 10.7. The third-order valence-corrected chi connectivity index (χ3v) is 3.72. The van der Waals surface area contributed by atoms with Gasteiger partial charge in [-0.25, -0.2) is 0 Å². The Kier molecular flexibility index (Phi) is 4.15. The molecule has 0 N–H and O–H groups in total. The van der Waals surface area contributed by atoms with Crippen LogP contribution >= 0.6 is 15.9 Å². The summed E-state index contributed by atoms with van der Waals surface area (Å²) in [7, 11) is 0. The zero-order valence-corrected chi connectivity index (χ0v) is 12.3. The molecule has 100 valence electrons. The number of hydrogen-bond acceptors (Lipinski definition) is 2. The van der Waals surface area contributed by atoms with Crippen LogP contribution in [0.25, 0.3) is 23.3 Å². The number of halogens is 1. The molecule has 3 nitrogen and oxygen atoms in total. The lowest BCUT2D eigenvalue weighted by Gasteiger charge is -2.11. The molecule has 0 saturated carbocycles. The Morgan fingerprint density at radius 2 is 1.60 bits per heavy atom. The first-order chi connectivity index (χ1) is 9.58. The minimum Gasteiger partial charge on any atom is -0.258 e. The average molecular weight is 330 g/mol. The second-order valence-corrected chi connectivity index (χ2v) is 4.99. The minimum absolute atomic E-state index is 0.0787. The van der Waals surface area contributed by atoms with Crippen LogP contribution in [0.2, 0.25) is 0 Å². The summed E-state index contributed by atoms with van der Waals surface area (Å²) in [5, 5.41) is 10.7. The van der Waals surface area contributed by atoms with Crippen LogP contribution in [0.1, 0.15) is 11.1 Å². The fraction of sp³-hybridized carbons (Fsp3) is 0. The molecule has 0 aromatic heterocycles. The van der Waals surface area contributed by atoms with E-state index in [9.17, 15) is 10.1 Å². The molecule has 0 aliphatic carbocycles. The van der Waals surface area contributed by atoms with E-state index in [-0.39, 0.29) is 5.69 Å². The molecule has 4 heteroatoms. The first-order valence-corrected chi connectivity index (χ1v) is 6.70. The molecule has 0 fully saturated rings. The van der Waals surface area contributed by atoms with E-state index < -0.39 is 4.92 Å². The molecular weight excluding hydrogens is 318 g/mol. The van der Waals surface area contributed by atoms with E-state index in [1.165, 1.54) is 12.1 Å². The van der Waals surface area contributed by atoms with E-state index in [0.29, 0.717) is 0 Å². The zero-order chi connectivity index (χ0) is 14.7. The van der Waals surface area contributed by atoms with Gasteiger partial charge < -0.3 is 0 Å². The molecule has 0 unspecified atom stereocenters. The standard InChI is InChI=1S/C16H12BrNO2/c1-3-13-14(4-2)16(17)10-9-15(13)11-5-7-12(8-6-11)18(19)20/h3-10H,1-2H2. The molecule has 0 spiro atoms. The summed E-state index contributed by atoms with van der Waals surface area (Å²) < 4.78 is 0.938. The van der Waals surface area contributed by atoms with Gasteiger partial charge in [0.05, 0.1) is 4.92 Å². The van der Waals surface area contributed by atoms with E-state index in [1.807, 2.05) is 12.1 Å². The normalized spacial score (nSPS) is 10.1. The predicted molar refractivity (Wildman–Crippen MR) is 86.4 cm³/mol. The molecular formula is C16H12BrNO2. The summed E-state index contributed by atoms with van der Waals surface area (Å²) in [6, 6.07) is 10.4. The molecule has 20 heavy (non-hydrogen) atoms. The van der Waals surface area contributed by atoms with E-state index in [1.54, 1.807) is 24.3 Å². The summed E-state index contributed by atoms with van der Waals surface area (Å²) in [6.07, 6.45) is 3.52. The smallest absolute Gasteiger partial charge is 0.258 e. The van der Waals surface area contributed by atoms with Gasteiger partial charge in [-0.1, -0.05) is 47.3 Å². The molecule has 2 rings (SSSR count). The highest BCUT2D eigenvalue weighted by atomic mass is 79.9. The molecule has 0 amide bonds. The molecule has 2 aromatic carbocycles. The number of non-ortho nitro benzene ring substituents is 1. The molecule has 2 aromatic rings. The van der Waals surface area contributed by atoms with Crippen LogP contribution in [0.5, 0.6) is 0 Å². The van der Waals surface area contributed by atoms with Crippen molar-refractivity contribution < 1.29 is 4.92 Å². The summed E-state index contributed by atoms with van der Waals surface area (Å²) in [4.78, 5) is 10.3. The minimum atomic E-state index is -0.408. The van der Waals surface area contributed by atoms with Crippen molar-refractivity contribution in [1.82, 2.24) is 0 Å². The van der Waals surface area contributed by atoms with Crippen molar-refractivity contribution >= 4 is 33.8 Å². The van der Waals surface area contributed by atoms with E-state index in [4.69, 9.17) is 0 Å². The van der Waals surface area contributed by atoms with Gasteiger partial charge in [-0.2, -0.15) is 0 Å². The number of nitrogens with zero attached hydrogens (tertiary/aromatic N) is 1. The summed E-state index contributed by atoms with van der Waals surface area (Å²) >= 11 is 3.48. The van der Waals surface area contributed by atoms with Gasteiger partial charge in [-0.3, -0.25) is 10.1 Å². The Morgan fingerprint density at radius 1 is 1.00 bits per heavy atom. The van der Waals surface area contributed by atoms with E-state index in [0.717, 1.165) is 26.7 Å². The van der Waals surface area contributed by atoms with E-state index in [2.05, 4.69) is 29.1 Å². The molecule has 0 heterocycles. The maximum Gasteiger partial charge on any atom is 0.269 e. The Morgan fingerprint density at radius 3 is 2.10 bits per heavy atom. The van der Waals surface area contributed by atoms with Gasteiger partial charge in [0, 0.05) is 16.6 Å². The lowest BCUT2D eigenvalue weighted by Crippen LogP contribution is -1.91. The van der Waals surface area contributed by atoms with Gasteiger partial charge in [-0.05, 0) is 40.5 Å². The van der Waals surface area contributed by atoms with Gasteiger partial charge >= 0.3 is 0 Å². The van der Waals surface area contributed by atoms with Gasteiger partial charge in [0.2, 0.25) is 0 Å². The van der Waals surface area contributed by atoms with Crippen LogP contribution in [-0.4, -0.2) is 4.92 Å². The van der Waals surface area contributed by atoms with Gasteiger partial charge in [0.1, 0.15) is 0 Å². The first kappa shape index (κ1) is 14.2. The summed E-state index contributed by atoms with van der Waals surface area (Å²) in [6.45, 7) is 7.64. The highest BCUT2D eigenvalue weighted by molar-refractivity contribution is 9.10. The van der Waals surface area contributed by atoms with Crippen LogP contribution in [0.15, 0.2) is 54.0 Å². The lowest BCUT2D eigenvalue weighted by atomic mass is 9.95. The topological polar surface area (TPSA) is 43.1 Å². The number of hydrogen-bond donors (Lipinski definition) is 0. The van der Waals surface area contributed by atoms with Crippen LogP contribution in [-0.2, 0) is 0 Å². The van der Waals surface area contributed by atoms with Crippen molar-refractivity contribution in [3.05, 3.63) is 75.3 Å². The number of rotatable bonds is 4. The molecule has 0 atom stereocenters. The number of nitro groups is 1. The summed E-state index contributed by atoms with van der Waals surface area (Å²) in [5.41, 5.74) is 3.85. The second kappa shape index (κ2) is 5.84. The molecule has 0 aliphatic rings. The Bertz CT molecular complexity index is 690. The Hall–Kier alpha value is -2.20. The fourth-order valence-electron chi connectivity index (χ4n) is 2.05. The SMILES string of the molecule is C=Cc1c(Br)ccc(-c2ccc([N+](=O)[O-])cc2)c1C=C. The molecule has 0 radical (unpaired) electrons. The van der Waals surface area contributed by atoms with Crippen molar-refractivity contribution in [2.75, 3.05) is 0 Å². The van der Waals surface area contributed by atoms with Crippen LogP contribution in [0, 0.1) is 10.1 Å². The second-order valence-electron chi connectivity index (χ2n) is 4.13. The highest BCUT2D eigenvalue weighted by Crippen LogP contribution is 2.33. The highest BCUT2D eigenvalue weighted by Gasteiger charge is 2.11. The van der Waals surface area contributed by atoms with Crippen molar-refractivity contribution in [3.63, 3.8) is 0 Å². The first-order valence-electron chi connectivity index (χ1n) is 5.90. The van der Waals surface area contributed by atoms with Gasteiger partial charge in [0.25, 0.3) is 5.69 Å². The van der Waals surface area contributed by atoms with Gasteiger partial charge in [0.15, 0.2) is 0 Å². The largest absolute Gasteiger partial charge is 0.269 e. The van der Waals surface area contributed by atoms with Crippen LogP contribution < -0.4 is 0 Å². The third-order valence-electron chi connectivity index (χ3n) is 3.03. The lowest BCUT2D eigenvalue weighted by molar-refractivity contribution is -0.384. The average Bonchev–Trinajstić information content (AvgIpc) is 2.46. The van der Waals surface area contributed by atoms with E-state index >= 15 is 0 Å². The van der Waals surface area contributed by atoms with Crippen molar-refractivity contribution in [2.45, 2.75) is 0 Å². The Balaban J connectivity index is 2.60. The maximum absolute atomic E-state index is 10.7. The van der Waals surface area contributed by atoms with Crippen molar-refractivity contribution in [3.8, 4) is 11.1 Å². The summed E-state index contributed by atoms with van der Waals surface area (Å²) in [5.74, 6) is 0. The van der Waals surface area contributed by atoms with Crippen LogP contribution in [0.3, 0.4) is 0 Å². The monoisotopic (exact) mass is 329 g/mol. The predicted octanol–water partition coefficient (Wildman–Crippen LogP) is 5.31. The van der Waals surface area contributed by atoms with Crippen molar-refractivity contribution in [1.29, 1.82) is 0 Å². The van der Waals surface area contributed by atoms with Gasteiger partial charge in [-0.15, -0.1) is 0 Å². The third kappa shape index (κ3) is 2.56. The Labute approximate surface area is 125 Å². The molecule has 0 bridgehead atoms. The quantitative estimate of drug-likeness (QED) is 0.563. The molecule has 0 aliphatic heterocycles. The van der Waals surface area contributed by atoms with Crippen LogP contribution in [0.4, 0.5) is 5.69 Å². The maximum atomic E-state index is 10.7.